The lowest BCUT2D eigenvalue weighted by Crippen LogP contribution is -2.14. The Morgan fingerprint density at radius 1 is 1.50 bits per heavy atom. The first-order chi connectivity index (χ1) is 6.72. The van der Waals surface area contributed by atoms with E-state index in [1.54, 1.807) is 0 Å². The molecule has 1 saturated carbocycles. The summed E-state index contributed by atoms with van der Waals surface area (Å²) in [6, 6.07) is 8.14. The number of hydrogen-bond acceptors (Lipinski definition) is 2. The summed E-state index contributed by atoms with van der Waals surface area (Å²) in [5, 5.41) is 8.95. The molecule has 2 heteroatoms. The Balaban J connectivity index is 2.38. The fraction of sp³-hybridized carbons (Fsp3) is 0.417. The molecule has 0 bridgehead atoms. The molecule has 0 spiro atoms. The minimum atomic E-state index is 0.0598. The average Bonchev–Trinajstić information content (AvgIpc) is 3.00. The number of nitrogens with two attached hydrogens (primary N) is 1. The van der Waals surface area contributed by atoms with Gasteiger partial charge >= 0.3 is 0 Å². The summed E-state index contributed by atoms with van der Waals surface area (Å²) < 4.78 is 0. The molecule has 1 aromatic carbocycles. The Morgan fingerprint density at radius 3 is 2.79 bits per heavy atom. The third kappa shape index (κ3) is 1.64. The van der Waals surface area contributed by atoms with Crippen LogP contribution in [0.1, 0.15) is 35.6 Å². The van der Waals surface area contributed by atoms with Crippen molar-refractivity contribution in [3.63, 3.8) is 0 Å². The van der Waals surface area contributed by atoms with E-state index in [4.69, 9.17) is 11.0 Å². The molecule has 72 valence electrons. The number of benzene rings is 1. The molecule has 0 aliphatic heterocycles. The quantitative estimate of drug-likeness (QED) is 0.770. The van der Waals surface area contributed by atoms with Crippen molar-refractivity contribution < 1.29 is 0 Å². The van der Waals surface area contributed by atoms with Gasteiger partial charge in [-0.2, -0.15) is 5.26 Å². The molecule has 1 fully saturated rings. The minimum absolute atomic E-state index is 0.0598. The van der Waals surface area contributed by atoms with Crippen molar-refractivity contribution in [2.45, 2.75) is 25.8 Å². The van der Waals surface area contributed by atoms with Gasteiger partial charge in [-0.3, -0.25) is 0 Å². The molecule has 2 rings (SSSR count). The van der Waals surface area contributed by atoms with Crippen LogP contribution in [-0.2, 0) is 0 Å². The van der Waals surface area contributed by atoms with Crippen LogP contribution in [-0.4, -0.2) is 0 Å². The van der Waals surface area contributed by atoms with Gasteiger partial charge in [-0.25, -0.2) is 0 Å². The van der Waals surface area contributed by atoms with Crippen LogP contribution in [0.2, 0.25) is 0 Å². The molecule has 0 unspecified atom stereocenters. The molecule has 0 saturated heterocycles. The smallest absolute Gasteiger partial charge is 0.0995 e. The molecule has 2 nitrogen and oxygen atoms in total. The minimum Gasteiger partial charge on any atom is -0.324 e. The van der Waals surface area contributed by atoms with E-state index in [0.717, 1.165) is 11.1 Å². The molecule has 1 aliphatic rings. The normalized spacial score (nSPS) is 17.5. The van der Waals surface area contributed by atoms with Crippen LogP contribution in [0.25, 0.3) is 0 Å². The van der Waals surface area contributed by atoms with Gasteiger partial charge < -0.3 is 5.73 Å². The lowest BCUT2D eigenvalue weighted by molar-refractivity contribution is 0.631. The predicted molar refractivity (Wildman–Crippen MR) is 55.5 cm³/mol. The highest BCUT2D eigenvalue weighted by atomic mass is 14.7. The molecule has 0 aromatic heterocycles. The third-order valence-corrected chi connectivity index (χ3v) is 2.82. The molecule has 0 amide bonds. The summed E-state index contributed by atoms with van der Waals surface area (Å²) in [4.78, 5) is 0. The van der Waals surface area contributed by atoms with Crippen molar-refractivity contribution in [1.29, 1.82) is 5.26 Å². The van der Waals surface area contributed by atoms with Gasteiger partial charge in [0.05, 0.1) is 11.6 Å². The van der Waals surface area contributed by atoms with E-state index < -0.39 is 0 Å². The second-order valence-corrected chi connectivity index (χ2v) is 4.07. The summed E-state index contributed by atoms with van der Waals surface area (Å²) in [6.45, 7) is 2.03. The number of rotatable bonds is 2. The zero-order valence-corrected chi connectivity index (χ0v) is 8.33. The second kappa shape index (κ2) is 3.43. The van der Waals surface area contributed by atoms with E-state index in [2.05, 4.69) is 6.07 Å². The summed E-state index contributed by atoms with van der Waals surface area (Å²) in [6.07, 6.45) is 2.42. The van der Waals surface area contributed by atoms with Crippen molar-refractivity contribution >= 4 is 0 Å². The van der Waals surface area contributed by atoms with Gasteiger partial charge in [-0.15, -0.1) is 0 Å². The molecule has 1 aliphatic carbocycles. The van der Waals surface area contributed by atoms with Crippen LogP contribution in [0.3, 0.4) is 0 Å². The van der Waals surface area contributed by atoms with Crippen LogP contribution in [0.4, 0.5) is 0 Å². The first-order valence-electron chi connectivity index (χ1n) is 4.98. The van der Waals surface area contributed by atoms with Gasteiger partial charge in [0.15, 0.2) is 0 Å². The Labute approximate surface area is 84.3 Å². The van der Waals surface area contributed by atoms with E-state index in [0.29, 0.717) is 5.92 Å². The van der Waals surface area contributed by atoms with Crippen LogP contribution in [0.5, 0.6) is 0 Å². The molecule has 2 N–H and O–H groups in total. The summed E-state index contributed by atoms with van der Waals surface area (Å²) in [5.74, 6) is 0.601. The SMILES string of the molecule is Cc1ccc(C#N)c([C@H](N)C2CC2)c1. The van der Waals surface area contributed by atoms with E-state index in [9.17, 15) is 0 Å². The lowest BCUT2D eigenvalue weighted by atomic mass is 9.96. The van der Waals surface area contributed by atoms with Crippen molar-refractivity contribution in [3.8, 4) is 6.07 Å². The summed E-state index contributed by atoms with van der Waals surface area (Å²) >= 11 is 0. The van der Waals surface area contributed by atoms with Crippen LogP contribution >= 0.6 is 0 Å². The van der Waals surface area contributed by atoms with Crippen LogP contribution < -0.4 is 5.73 Å². The number of aryl methyl sites for hydroxylation is 1. The third-order valence-electron chi connectivity index (χ3n) is 2.82. The second-order valence-electron chi connectivity index (χ2n) is 4.07. The fourth-order valence-electron chi connectivity index (χ4n) is 1.77. The van der Waals surface area contributed by atoms with Gasteiger partial charge in [0.2, 0.25) is 0 Å². The van der Waals surface area contributed by atoms with E-state index >= 15 is 0 Å². The molecule has 0 radical (unpaired) electrons. The summed E-state index contributed by atoms with van der Waals surface area (Å²) in [5.41, 5.74) is 9.03. The number of nitriles is 1. The molecule has 0 heterocycles. The van der Waals surface area contributed by atoms with Gasteiger partial charge in [0.25, 0.3) is 0 Å². The zero-order chi connectivity index (χ0) is 10.1. The molecule has 14 heavy (non-hydrogen) atoms. The predicted octanol–water partition coefficient (Wildman–Crippen LogP) is 2.28. The van der Waals surface area contributed by atoms with Crippen LogP contribution in [0, 0.1) is 24.2 Å². The molecule has 1 aromatic rings. The van der Waals surface area contributed by atoms with Gasteiger partial charge in [0.1, 0.15) is 0 Å². The highest BCUT2D eigenvalue weighted by molar-refractivity contribution is 5.42. The van der Waals surface area contributed by atoms with Crippen molar-refractivity contribution in [2.75, 3.05) is 0 Å². The van der Waals surface area contributed by atoms with Crippen molar-refractivity contribution in [2.24, 2.45) is 11.7 Å². The fourth-order valence-corrected chi connectivity index (χ4v) is 1.77. The van der Waals surface area contributed by atoms with Crippen molar-refractivity contribution in [3.05, 3.63) is 34.9 Å². The van der Waals surface area contributed by atoms with Crippen molar-refractivity contribution in [1.82, 2.24) is 0 Å². The monoisotopic (exact) mass is 186 g/mol. The van der Waals surface area contributed by atoms with Gasteiger partial charge in [-0.1, -0.05) is 17.7 Å². The van der Waals surface area contributed by atoms with E-state index in [1.807, 2.05) is 25.1 Å². The standard InChI is InChI=1S/C12H14N2/c1-8-2-3-10(7-13)11(6-8)12(14)9-4-5-9/h2-3,6,9,12H,4-5,14H2,1H3/t12-/m1/s1. The van der Waals surface area contributed by atoms with Crippen LogP contribution in [0.15, 0.2) is 18.2 Å². The Hall–Kier alpha value is -1.33. The first kappa shape index (κ1) is 9.23. The van der Waals surface area contributed by atoms with E-state index in [-0.39, 0.29) is 6.04 Å². The Morgan fingerprint density at radius 2 is 2.21 bits per heavy atom. The Kier molecular flexibility index (Phi) is 2.26. The average molecular weight is 186 g/mol. The Bertz CT molecular complexity index is 386. The zero-order valence-electron chi connectivity index (χ0n) is 8.33. The van der Waals surface area contributed by atoms with Gasteiger partial charge in [0, 0.05) is 6.04 Å². The lowest BCUT2D eigenvalue weighted by Gasteiger charge is -2.12. The number of nitrogens with zero attached hydrogens (tertiary/aromatic N) is 1. The van der Waals surface area contributed by atoms with E-state index in [1.165, 1.54) is 18.4 Å². The largest absolute Gasteiger partial charge is 0.324 e. The highest BCUT2D eigenvalue weighted by Gasteiger charge is 2.30. The molecule has 1 atom stereocenters. The molecular weight excluding hydrogens is 172 g/mol. The summed E-state index contributed by atoms with van der Waals surface area (Å²) in [7, 11) is 0. The maximum Gasteiger partial charge on any atom is 0.0995 e. The highest BCUT2D eigenvalue weighted by Crippen LogP contribution is 2.40. The number of hydrogen-bond donors (Lipinski definition) is 1. The topological polar surface area (TPSA) is 49.8 Å². The first-order valence-corrected chi connectivity index (χ1v) is 4.98. The maximum atomic E-state index is 8.95. The van der Waals surface area contributed by atoms with Gasteiger partial charge in [-0.05, 0) is 37.3 Å². The maximum absolute atomic E-state index is 8.95. The molecular formula is C12H14N2.